The molecule has 0 bridgehead atoms. The predicted molar refractivity (Wildman–Crippen MR) is 80.0 cm³/mol. The van der Waals surface area contributed by atoms with Crippen LogP contribution < -0.4 is 0 Å². The number of nitro groups is 1. The summed E-state index contributed by atoms with van der Waals surface area (Å²) in [5.41, 5.74) is -0.0425. The number of aliphatic hydroxyl groups excluding tert-OH is 2. The maximum atomic E-state index is 10.5. The fraction of sp³-hybridized carbons (Fsp3) is 0.533. The van der Waals surface area contributed by atoms with Gasteiger partial charge in [-0.1, -0.05) is 31.9 Å². The lowest BCUT2D eigenvalue weighted by Crippen LogP contribution is -2.05. The number of hydrogen-bond donors (Lipinski definition) is 2. The van der Waals surface area contributed by atoms with E-state index in [1.165, 1.54) is 31.0 Å². The summed E-state index contributed by atoms with van der Waals surface area (Å²) in [5, 5.41) is 28.3. The highest BCUT2D eigenvalue weighted by molar-refractivity contribution is 5.75. The van der Waals surface area contributed by atoms with Crippen molar-refractivity contribution in [3.63, 3.8) is 0 Å². The molecule has 118 valence electrons. The van der Waals surface area contributed by atoms with E-state index in [1.807, 2.05) is 0 Å². The Balaban J connectivity index is 0.000000433. The van der Waals surface area contributed by atoms with Crippen LogP contribution >= 0.6 is 0 Å². The highest BCUT2D eigenvalue weighted by Crippen LogP contribution is 2.23. The van der Waals surface area contributed by atoms with Crippen molar-refractivity contribution >= 4 is 11.5 Å². The predicted octanol–water partition coefficient (Wildman–Crippen LogP) is 2.78. The lowest BCUT2D eigenvalue weighted by molar-refractivity contribution is -0.386. The van der Waals surface area contributed by atoms with Gasteiger partial charge in [-0.25, -0.2) is 0 Å². The number of benzene rings is 1. The van der Waals surface area contributed by atoms with E-state index >= 15 is 0 Å². The number of aliphatic hydroxyl groups is 2. The number of nitrogens with zero attached hydrogens (tertiary/aromatic N) is 1. The zero-order chi connectivity index (χ0) is 16.3. The van der Waals surface area contributed by atoms with Crippen molar-refractivity contribution in [1.82, 2.24) is 0 Å². The first kappa shape index (κ1) is 19.2. The van der Waals surface area contributed by atoms with E-state index in [2.05, 4.69) is 6.92 Å². The molecular weight excluding hydrogens is 274 g/mol. The summed E-state index contributed by atoms with van der Waals surface area (Å²) in [7, 11) is 0. The first-order valence-electron chi connectivity index (χ1n) is 6.95. The van der Waals surface area contributed by atoms with Gasteiger partial charge in [0.2, 0.25) is 0 Å². The Morgan fingerprint density at radius 3 is 2.43 bits per heavy atom. The Kier molecular flexibility index (Phi) is 10.0. The van der Waals surface area contributed by atoms with E-state index in [1.54, 1.807) is 13.0 Å². The van der Waals surface area contributed by atoms with Crippen LogP contribution in [0.25, 0.3) is 0 Å². The van der Waals surface area contributed by atoms with E-state index in [0.29, 0.717) is 5.78 Å². The molecule has 6 nitrogen and oxygen atoms in total. The van der Waals surface area contributed by atoms with Crippen molar-refractivity contribution < 1.29 is 19.9 Å². The van der Waals surface area contributed by atoms with Gasteiger partial charge in [0.25, 0.3) is 5.69 Å². The molecule has 0 saturated carbocycles. The molecule has 0 aliphatic carbocycles. The number of carbonyl (C=O) groups excluding carboxylic acids is 1. The second-order valence-corrected chi connectivity index (χ2v) is 4.67. The molecule has 1 unspecified atom stereocenters. The summed E-state index contributed by atoms with van der Waals surface area (Å²) in [5.74, 6) is 0.318. The largest absolute Gasteiger partial charge is 0.393 e. The van der Waals surface area contributed by atoms with Gasteiger partial charge < -0.3 is 15.0 Å². The number of unbranched alkanes of at least 4 members (excludes halogenated alkanes) is 2. The number of rotatable bonds is 7. The summed E-state index contributed by atoms with van der Waals surface area (Å²) in [6.45, 7) is 3.26. The molecule has 0 aliphatic rings. The van der Waals surface area contributed by atoms with Crippen molar-refractivity contribution in [3.8, 4) is 0 Å². The van der Waals surface area contributed by atoms with Crippen LogP contribution in [-0.2, 0) is 4.79 Å². The summed E-state index contributed by atoms with van der Waals surface area (Å²) < 4.78 is 0. The molecular formula is C15H23NO5. The maximum absolute atomic E-state index is 10.5. The standard InChI is InChI=1S/C8H9NO4.C7H14O/c10-5-8(11)6-3-1-2-4-7(6)9(12)13;1-3-4-5-6-7(2)8/h1-4,8,10-11H,5H2;3-6H2,1-2H3. The van der Waals surface area contributed by atoms with E-state index < -0.39 is 17.6 Å². The Hall–Kier alpha value is -1.79. The Labute approximate surface area is 124 Å². The molecule has 1 aromatic rings. The minimum Gasteiger partial charge on any atom is -0.393 e. The van der Waals surface area contributed by atoms with E-state index in [-0.39, 0.29) is 11.3 Å². The zero-order valence-electron chi connectivity index (χ0n) is 12.5. The molecule has 6 heteroatoms. The molecule has 0 saturated heterocycles. The topological polar surface area (TPSA) is 101 Å². The fourth-order valence-corrected chi connectivity index (χ4v) is 1.66. The SMILES string of the molecule is CCCCCC(C)=O.O=[N+]([O-])c1ccccc1C(O)CO. The Morgan fingerprint density at radius 1 is 1.33 bits per heavy atom. The quantitative estimate of drug-likeness (QED) is 0.458. The van der Waals surface area contributed by atoms with Gasteiger partial charge in [0.15, 0.2) is 0 Å². The molecule has 1 aromatic carbocycles. The van der Waals surface area contributed by atoms with Crippen LogP contribution in [0, 0.1) is 10.1 Å². The van der Waals surface area contributed by atoms with Crippen molar-refractivity contribution in [1.29, 1.82) is 0 Å². The molecule has 0 heterocycles. The maximum Gasteiger partial charge on any atom is 0.275 e. The van der Waals surface area contributed by atoms with Gasteiger partial charge in [-0.3, -0.25) is 10.1 Å². The van der Waals surface area contributed by atoms with Gasteiger partial charge in [-0.05, 0) is 19.4 Å². The van der Waals surface area contributed by atoms with Crippen molar-refractivity contribution in [2.24, 2.45) is 0 Å². The number of ketones is 1. The number of hydrogen-bond acceptors (Lipinski definition) is 5. The van der Waals surface area contributed by atoms with Gasteiger partial charge in [0.05, 0.1) is 17.1 Å². The second-order valence-electron chi connectivity index (χ2n) is 4.67. The highest BCUT2D eigenvalue weighted by atomic mass is 16.6. The number of para-hydroxylation sites is 1. The molecule has 0 amide bonds. The first-order chi connectivity index (χ1) is 9.93. The van der Waals surface area contributed by atoms with Crippen LogP contribution in [0.5, 0.6) is 0 Å². The van der Waals surface area contributed by atoms with Crippen LogP contribution in [0.15, 0.2) is 24.3 Å². The summed E-state index contributed by atoms with van der Waals surface area (Å²) in [4.78, 5) is 20.2. The third kappa shape index (κ3) is 8.16. The highest BCUT2D eigenvalue weighted by Gasteiger charge is 2.18. The van der Waals surface area contributed by atoms with Crippen molar-refractivity contribution in [3.05, 3.63) is 39.9 Å². The zero-order valence-corrected chi connectivity index (χ0v) is 12.5. The smallest absolute Gasteiger partial charge is 0.275 e. The average Bonchev–Trinajstić information content (AvgIpc) is 2.47. The minimum atomic E-state index is -1.19. The second kappa shape index (κ2) is 10.9. The summed E-state index contributed by atoms with van der Waals surface area (Å²) >= 11 is 0. The van der Waals surface area contributed by atoms with Gasteiger partial charge in [-0.2, -0.15) is 0 Å². The Morgan fingerprint density at radius 2 is 1.95 bits per heavy atom. The van der Waals surface area contributed by atoms with Crippen LogP contribution in [-0.4, -0.2) is 27.5 Å². The summed E-state index contributed by atoms with van der Waals surface area (Å²) in [6.07, 6.45) is 3.05. The molecule has 0 radical (unpaired) electrons. The van der Waals surface area contributed by atoms with Crippen molar-refractivity contribution in [2.75, 3.05) is 6.61 Å². The lowest BCUT2D eigenvalue weighted by atomic mass is 10.1. The minimum absolute atomic E-state index is 0.134. The molecule has 0 fully saturated rings. The van der Waals surface area contributed by atoms with Crippen molar-refractivity contribution in [2.45, 2.75) is 45.6 Å². The van der Waals surface area contributed by atoms with Gasteiger partial charge in [-0.15, -0.1) is 0 Å². The molecule has 0 aliphatic heterocycles. The fourth-order valence-electron chi connectivity index (χ4n) is 1.66. The molecule has 21 heavy (non-hydrogen) atoms. The van der Waals surface area contributed by atoms with Crippen LogP contribution in [0.3, 0.4) is 0 Å². The number of carbonyl (C=O) groups is 1. The molecule has 1 rings (SSSR count). The van der Waals surface area contributed by atoms with E-state index in [9.17, 15) is 20.0 Å². The third-order valence-electron chi connectivity index (χ3n) is 2.80. The van der Waals surface area contributed by atoms with Crippen LogP contribution in [0.2, 0.25) is 0 Å². The van der Waals surface area contributed by atoms with E-state index in [0.717, 1.165) is 12.8 Å². The lowest BCUT2D eigenvalue weighted by Gasteiger charge is -2.06. The average molecular weight is 297 g/mol. The summed E-state index contributed by atoms with van der Waals surface area (Å²) in [6, 6.07) is 5.78. The first-order valence-corrected chi connectivity index (χ1v) is 6.95. The number of Topliss-reactive ketones (excluding diaryl/α,β-unsaturated/α-hetero) is 1. The normalized spacial score (nSPS) is 11.2. The molecule has 2 N–H and O–H groups in total. The molecule has 0 spiro atoms. The molecule has 1 atom stereocenters. The van der Waals surface area contributed by atoms with Gasteiger partial charge in [0, 0.05) is 12.5 Å². The monoisotopic (exact) mass is 297 g/mol. The van der Waals surface area contributed by atoms with Crippen LogP contribution in [0.1, 0.15) is 51.2 Å². The van der Waals surface area contributed by atoms with Gasteiger partial charge >= 0.3 is 0 Å². The number of nitro benzene ring substituents is 1. The molecule has 0 aromatic heterocycles. The Bertz CT molecular complexity index is 447. The van der Waals surface area contributed by atoms with Gasteiger partial charge in [0.1, 0.15) is 11.9 Å². The van der Waals surface area contributed by atoms with Crippen LogP contribution in [0.4, 0.5) is 5.69 Å². The third-order valence-corrected chi connectivity index (χ3v) is 2.80. The van der Waals surface area contributed by atoms with E-state index in [4.69, 9.17) is 5.11 Å².